The van der Waals surface area contributed by atoms with Crippen LogP contribution in [0.3, 0.4) is 0 Å². The number of rotatable bonds is 3. The Kier molecular flexibility index (Phi) is 4.61. The molecule has 0 radical (unpaired) electrons. The summed E-state index contributed by atoms with van der Waals surface area (Å²) in [4.78, 5) is 15.9. The number of hydrogen-bond acceptors (Lipinski definition) is 3. The molecule has 0 aliphatic rings. The Morgan fingerprint density at radius 3 is 2.43 bits per heavy atom. The van der Waals surface area contributed by atoms with Gasteiger partial charge in [-0.2, -0.15) is 0 Å². The second-order valence-corrected chi connectivity index (χ2v) is 6.61. The van der Waals surface area contributed by atoms with E-state index in [1.807, 2.05) is 20.8 Å². The molecular formula is C17H17ClFNO3. The zero-order valence-corrected chi connectivity index (χ0v) is 14.0. The summed E-state index contributed by atoms with van der Waals surface area (Å²) in [6, 6.07) is 5.24. The number of benzene rings is 1. The fourth-order valence-electron chi connectivity index (χ4n) is 2.04. The number of ether oxygens (including phenoxy) is 1. The van der Waals surface area contributed by atoms with Gasteiger partial charge in [-0.1, -0.05) is 32.4 Å². The van der Waals surface area contributed by atoms with E-state index in [1.165, 1.54) is 12.1 Å². The zero-order valence-electron chi connectivity index (χ0n) is 13.3. The molecule has 1 aromatic heterocycles. The van der Waals surface area contributed by atoms with E-state index in [-0.39, 0.29) is 27.5 Å². The molecule has 0 amide bonds. The van der Waals surface area contributed by atoms with Crippen molar-refractivity contribution in [3.05, 3.63) is 52.1 Å². The number of hydrogen-bond donors (Lipinski definition) is 1. The Bertz CT molecular complexity index is 769. The summed E-state index contributed by atoms with van der Waals surface area (Å²) in [5.41, 5.74) is 0.705. The van der Waals surface area contributed by atoms with Gasteiger partial charge in [-0.25, -0.2) is 9.18 Å². The number of aromatic carboxylic acids is 1. The van der Waals surface area contributed by atoms with Gasteiger partial charge in [0.1, 0.15) is 22.9 Å². The van der Waals surface area contributed by atoms with Gasteiger partial charge in [0, 0.05) is 17.2 Å². The van der Waals surface area contributed by atoms with Gasteiger partial charge < -0.3 is 9.84 Å². The minimum atomic E-state index is -1.15. The third-order valence-electron chi connectivity index (χ3n) is 3.26. The Morgan fingerprint density at radius 2 is 1.91 bits per heavy atom. The van der Waals surface area contributed by atoms with E-state index in [1.54, 1.807) is 13.0 Å². The lowest BCUT2D eigenvalue weighted by atomic mass is 9.90. The molecule has 122 valence electrons. The first-order chi connectivity index (χ1) is 10.6. The van der Waals surface area contributed by atoms with Crippen LogP contribution in [0.1, 0.15) is 42.5 Å². The molecule has 4 nitrogen and oxygen atoms in total. The fraction of sp³-hybridized carbons (Fsp3) is 0.294. The number of carboxylic acids is 1. The summed E-state index contributed by atoms with van der Waals surface area (Å²) in [6.07, 6.45) is 0. The molecule has 0 spiro atoms. The molecule has 0 aliphatic heterocycles. The smallest absolute Gasteiger partial charge is 0.341 e. The Balaban J connectivity index is 2.58. The van der Waals surface area contributed by atoms with Crippen LogP contribution in [0.5, 0.6) is 11.5 Å². The van der Waals surface area contributed by atoms with Gasteiger partial charge in [0.2, 0.25) is 0 Å². The van der Waals surface area contributed by atoms with E-state index in [0.29, 0.717) is 11.4 Å². The number of carboxylic acid groups (broad SMARTS) is 1. The van der Waals surface area contributed by atoms with Gasteiger partial charge in [0.05, 0.1) is 10.7 Å². The molecule has 6 heteroatoms. The van der Waals surface area contributed by atoms with Crippen molar-refractivity contribution in [1.29, 1.82) is 0 Å². The van der Waals surface area contributed by atoms with Crippen molar-refractivity contribution in [2.24, 2.45) is 0 Å². The molecule has 0 atom stereocenters. The van der Waals surface area contributed by atoms with Gasteiger partial charge in [-0.3, -0.25) is 4.98 Å². The quantitative estimate of drug-likeness (QED) is 0.859. The van der Waals surface area contributed by atoms with Crippen molar-refractivity contribution in [1.82, 2.24) is 4.98 Å². The molecule has 0 saturated heterocycles. The van der Waals surface area contributed by atoms with Gasteiger partial charge in [-0.15, -0.1) is 0 Å². The lowest BCUT2D eigenvalue weighted by Gasteiger charge is -2.21. The maximum absolute atomic E-state index is 13.1. The van der Waals surface area contributed by atoms with Crippen LogP contribution in [-0.2, 0) is 5.41 Å². The van der Waals surface area contributed by atoms with Gasteiger partial charge >= 0.3 is 5.97 Å². The Morgan fingerprint density at radius 1 is 1.26 bits per heavy atom. The molecule has 1 heterocycles. The second kappa shape index (κ2) is 6.16. The summed E-state index contributed by atoms with van der Waals surface area (Å²) < 4.78 is 18.8. The van der Waals surface area contributed by atoms with E-state index >= 15 is 0 Å². The van der Waals surface area contributed by atoms with Crippen LogP contribution in [0, 0.1) is 12.7 Å². The van der Waals surface area contributed by atoms with Gasteiger partial charge in [0.25, 0.3) is 0 Å². The monoisotopic (exact) mass is 337 g/mol. The number of halogens is 2. The zero-order chi connectivity index (χ0) is 17.4. The topological polar surface area (TPSA) is 59.4 Å². The molecule has 2 rings (SSSR count). The highest BCUT2D eigenvalue weighted by atomic mass is 35.5. The van der Waals surface area contributed by atoms with E-state index < -0.39 is 11.8 Å². The van der Waals surface area contributed by atoms with Crippen molar-refractivity contribution in [2.75, 3.05) is 0 Å². The highest BCUT2D eigenvalue weighted by Crippen LogP contribution is 2.35. The lowest BCUT2D eigenvalue weighted by molar-refractivity contribution is 0.0692. The van der Waals surface area contributed by atoms with Gasteiger partial charge in [-0.05, 0) is 25.1 Å². The van der Waals surface area contributed by atoms with Crippen LogP contribution in [0.2, 0.25) is 5.02 Å². The van der Waals surface area contributed by atoms with E-state index in [9.17, 15) is 14.3 Å². The van der Waals surface area contributed by atoms with E-state index in [2.05, 4.69) is 4.98 Å². The second-order valence-electron chi connectivity index (χ2n) is 6.20. The number of nitrogens with zero attached hydrogens (tertiary/aromatic N) is 1. The van der Waals surface area contributed by atoms with Crippen LogP contribution >= 0.6 is 11.6 Å². The van der Waals surface area contributed by atoms with Gasteiger partial charge in [0.15, 0.2) is 0 Å². The third kappa shape index (κ3) is 3.79. The van der Waals surface area contributed by atoms with Crippen LogP contribution < -0.4 is 4.74 Å². The predicted octanol–water partition coefficient (Wildman–Crippen LogP) is 4.97. The summed E-state index contributed by atoms with van der Waals surface area (Å²) in [5.74, 6) is -1.34. The number of carbonyl (C=O) groups is 1. The largest absolute Gasteiger partial charge is 0.477 e. The van der Waals surface area contributed by atoms with Crippen LogP contribution in [0.25, 0.3) is 0 Å². The molecule has 0 aliphatic carbocycles. The maximum Gasteiger partial charge on any atom is 0.341 e. The Labute approximate surface area is 138 Å². The first-order valence-corrected chi connectivity index (χ1v) is 7.35. The van der Waals surface area contributed by atoms with Crippen molar-refractivity contribution in [3.8, 4) is 11.5 Å². The molecule has 0 fully saturated rings. The van der Waals surface area contributed by atoms with Crippen LogP contribution in [0.15, 0.2) is 24.3 Å². The number of pyridine rings is 1. The first-order valence-electron chi connectivity index (χ1n) is 6.98. The van der Waals surface area contributed by atoms with E-state index in [4.69, 9.17) is 16.3 Å². The van der Waals surface area contributed by atoms with Crippen molar-refractivity contribution in [2.45, 2.75) is 33.1 Å². The molecular weight excluding hydrogens is 321 g/mol. The predicted molar refractivity (Wildman–Crippen MR) is 86.1 cm³/mol. The molecule has 1 N–H and O–H groups in total. The SMILES string of the molecule is Cc1nc(C(C)(C)C)cc(Oc2ccc(F)cc2Cl)c1C(=O)O. The summed E-state index contributed by atoms with van der Waals surface area (Å²) in [7, 11) is 0. The minimum Gasteiger partial charge on any atom is -0.477 e. The number of aromatic nitrogens is 1. The normalized spacial score (nSPS) is 11.4. The van der Waals surface area contributed by atoms with Crippen molar-refractivity contribution in [3.63, 3.8) is 0 Å². The average Bonchev–Trinajstić information content (AvgIpc) is 2.40. The fourth-order valence-corrected chi connectivity index (χ4v) is 2.25. The third-order valence-corrected chi connectivity index (χ3v) is 3.56. The standard InChI is InChI=1S/C17H17ClFNO3/c1-9-15(16(21)22)13(8-14(20-9)17(2,3)4)23-12-6-5-10(19)7-11(12)18/h5-8H,1-4H3,(H,21,22). The van der Waals surface area contributed by atoms with Crippen molar-refractivity contribution < 1.29 is 19.0 Å². The molecule has 0 bridgehead atoms. The highest BCUT2D eigenvalue weighted by Gasteiger charge is 2.24. The molecule has 23 heavy (non-hydrogen) atoms. The van der Waals surface area contributed by atoms with Crippen molar-refractivity contribution >= 4 is 17.6 Å². The maximum atomic E-state index is 13.1. The Hall–Kier alpha value is -2.14. The molecule has 1 aromatic carbocycles. The lowest BCUT2D eigenvalue weighted by Crippen LogP contribution is -2.16. The van der Waals surface area contributed by atoms with Crippen LogP contribution in [-0.4, -0.2) is 16.1 Å². The molecule has 2 aromatic rings. The average molecular weight is 338 g/mol. The highest BCUT2D eigenvalue weighted by molar-refractivity contribution is 6.32. The molecule has 0 unspecified atom stereocenters. The molecule has 0 saturated carbocycles. The van der Waals surface area contributed by atoms with Crippen LogP contribution in [0.4, 0.5) is 4.39 Å². The summed E-state index contributed by atoms with van der Waals surface area (Å²) in [6.45, 7) is 7.50. The minimum absolute atomic E-state index is 0.0432. The first kappa shape index (κ1) is 17.2. The van der Waals surface area contributed by atoms with E-state index in [0.717, 1.165) is 6.07 Å². The summed E-state index contributed by atoms with van der Waals surface area (Å²) >= 11 is 5.95. The number of aryl methyl sites for hydroxylation is 1. The summed E-state index contributed by atoms with van der Waals surface area (Å²) in [5, 5.41) is 9.48.